The van der Waals surface area contributed by atoms with Crippen molar-refractivity contribution in [1.82, 2.24) is 0 Å². The van der Waals surface area contributed by atoms with E-state index in [1.54, 1.807) is 30.3 Å². The van der Waals surface area contributed by atoms with Crippen molar-refractivity contribution in [2.45, 2.75) is 31.7 Å². The van der Waals surface area contributed by atoms with Crippen LogP contribution in [-0.4, -0.2) is 16.2 Å². The summed E-state index contributed by atoms with van der Waals surface area (Å²) in [5, 5.41) is 11.4. The summed E-state index contributed by atoms with van der Waals surface area (Å²) in [4.78, 5) is 23.6. The van der Waals surface area contributed by atoms with Gasteiger partial charge in [0, 0.05) is 30.8 Å². The fourth-order valence-electron chi connectivity index (χ4n) is 2.56. The van der Waals surface area contributed by atoms with E-state index in [2.05, 4.69) is 0 Å². The molecule has 0 aromatic heterocycles. The molecule has 0 radical (unpaired) electrons. The second-order valence-corrected chi connectivity index (χ2v) is 6.54. The van der Waals surface area contributed by atoms with Crippen molar-refractivity contribution >= 4 is 17.4 Å². The monoisotopic (exact) mass is 349 g/mol. The zero-order chi connectivity index (χ0) is 17.9. The van der Waals surface area contributed by atoms with E-state index in [-0.39, 0.29) is 17.2 Å². The molecule has 2 aromatic carbocycles. The number of Topliss-reactive ketones (excluding diaryl/α,β-unsaturated/α-hetero) is 1. The maximum atomic E-state index is 13.4. The highest BCUT2D eigenvalue weighted by atomic mass is 35.5. The van der Waals surface area contributed by atoms with Gasteiger partial charge in [-0.1, -0.05) is 48.0 Å². The van der Waals surface area contributed by atoms with Gasteiger partial charge in [0.1, 0.15) is 5.82 Å². The minimum atomic E-state index is -1.41. The second kappa shape index (κ2) is 7.09. The highest BCUT2D eigenvalue weighted by Gasteiger charge is 2.43. The van der Waals surface area contributed by atoms with E-state index in [0.29, 0.717) is 11.1 Å². The molecule has 0 bridgehead atoms. The van der Waals surface area contributed by atoms with Crippen LogP contribution in [0.2, 0.25) is 5.02 Å². The number of hydrogen-bond donors (Lipinski definition) is 0. The Morgan fingerprint density at radius 2 is 1.88 bits per heavy atom. The molecule has 24 heavy (non-hydrogen) atoms. The lowest BCUT2D eigenvalue weighted by molar-refractivity contribution is -0.565. The van der Waals surface area contributed by atoms with Crippen molar-refractivity contribution in [3.8, 4) is 0 Å². The molecule has 2 aromatic rings. The average molecular weight is 350 g/mol. The Hall–Kier alpha value is -2.27. The first kappa shape index (κ1) is 18.1. The van der Waals surface area contributed by atoms with E-state index in [9.17, 15) is 19.3 Å². The molecule has 1 atom stereocenters. The molecule has 4 nitrogen and oxygen atoms in total. The van der Waals surface area contributed by atoms with E-state index >= 15 is 0 Å². The molecule has 0 amide bonds. The van der Waals surface area contributed by atoms with E-state index in [4.69, 9.17) is 11.6 Å². The summed E-state index contributed by atoms with van der Waals surface area (Å²) in [6, 6.07) is 12.5. The zero-order valence-electron chi connectivity index (χ0n) is 13.3. The maximum absolute atomic E-state index is 13.4. The normalized spacial score (nSPS) is 12.7. The smallest absolute Gasteiger partial charge is 0.223 e. The highest BCUT2D eigenvalue weighted by molar-refractivity contribution is 6.30. The number of nitrogens with zero attached hydrogens (tertiary/aromatic N) is 1. The van der Waals surface area contributed by atoms with E-state index in [0.717, 1.165) is 6.07 Å². The van der Waals surface area contributed by atoms with Crippen molar-refractivity contribution in [1.29, 1.82) is 0 Å². The third-order valence-corrected chi connectivity index (χ3v) is 4.44. The first-order valence-corrected chi connectivity index (χ1v) is 7.79. The number of rotatable bonds is 6. The number of halogens is 2. The number of ketones is 1. The van der Waals surface area contributed by atoms with Gasteiger partial charge in [-0.05, 0) is 17.7 Å². The SMILES string of the molecule is CC(C)(C(CC(=O)c1ccccc1)c1ccc(F)c(Cl)c1)[N+](=O)[O-]. The summed E-state index contributed by atoms with van der Waals surface area (Å²) >= 11 is 5.81. The molecule has 0 fully saturated rings. The minimum absolute atomic E-state index is 0.0695. The number of nitro groups is 1. The van der Waals surface area contributed by atoms with Gasteiger partial charge in [0.2, 0.25) is 5.54 Å². The van der Waals surface area contributed by atoms with Gasteiger partial charge in [0.05, 0.1) is 10.9 Å². The Labute approximate surface area is 144 Å². The number of benzene rings is 2. The van der Waals surface area contributed by atoms with E-state index in [1.807, 2.05) is 0 Å². The highest BCUT2D eigenvalue weighted by Crippen LogP contribution is 2.36. The molecule has 1 unspecified atom stereocenters. The summed E-state index contributed by atoms with van der Waals surface area (Å²) in [5.41, 5.74) is -0.465. The van der Waals surface area contributed by atoms with Crippen LogP contribution in [0.5, 0.6) is 0 Å². The van der Waals surface area contributed by atoms with Crippen molar-refractivity contribution in [2.24, 2.45) is 0 Å². The molecule has 0 spiro atoms. The molecule has 126 valence electrons. The van der Waals surface area contributed by atoms with Gasteiger partial charge >= 0.3 is 0 Å². The van der Waals surface area contributed by atoms with Crippen LogP contribution in [-0.2, 0) is 0 Å². The van der Waals surface area contributed by atoms with E-state index in [1.165, 1.54) is 26.0 Å². The molecular formula is C18H17ClFNO3. The Morgan fingerprint density at radius 1 is 1.25 bits per heavy atom. The largest absolute Gasteiger partial charge is 0.294 e. The predicted octanol–water partition coefficient (Wildman–Crippen LogP) is 4.89. The fourth-order valence-corrected chi connectivity index (χ4v) is 2.75. The molecule has 6 heteroatoms. The summed E-state index contributed by atoms with van der Waals surface area (Å²) in [6.45, 7) is 2.90. The quantitative estimate of drug-likeness (QED) is 0.423. The van der Waals surface area contributed by atoms with Crippen molar-refractivity contribution < 1.29 is 14.1 Å². The summed E-state index contributed by atoms with van der Waals surface area (Å²) < 4.78 is 13.4. The summed E-state index contributed by atoms with van der Waals surface area (Å²) in [5.74, 6) is -1.55. The van der Waals surface area contributed by atoms with Crippen LogP contribution in [0.1, 0.15) is 42.1 Å². The molecule has 0 saturated carbocycles. The topological polar surface area (TPSA) is 60.2 Å². The van der Waals surface area contributed by atoms with Crippen LogP contribution in [0.3, 0.4) is 0 Å². The standard InChI is InChI=1S/C18H17ClFNO3/c1-18(2,21(23)24)14(13-8-9-16(20)15(19)10-13)11-17(22)12-6-4-3-5-7-12/h3-10,14H,11H2,1-2H3. The van der Waals surface area contributed by atoms with Gasteiger partial charge < -0.3 is 0 Å². The second-order valence-electron chi connectivity index (χ2n) is 6.13. The van der Waals surface area contributed by atoms with Crippen molar-refractivity contribution in [2.75, 3.05) is 0 Å². The maximum Gasteiger partial charge on any atom is 0.223 e. The van der Waals surface area contributed by atoms with Crippen LogP contribution in [0.25, 0.3) is 0 Å². The zero-order valence-corrected chi connectivity index (χ0v) is 14.1. The van der Waals surface area contributed by atoms with Crippen molar-refractivity contribution in [3.63, 3.8) is 0 Å². The molecule has 0 aliphatic carbocycles. The minimum Gasteiger partial charge on any atom is -0.294 e. The van der Waals surface area contributed by atoms with Crippen molar-refractivity contribution in [3.05, 3.63) is 80.6 Å². The summed E-state index contributed by atoms with van der Waals surface area (Å²) in [6.07, 6.45) is -0.0695. The Morgan fingerprint density at radius 3 is 2.42 bits per heavy atom. The van der Waals surface area contributed by atoms with Crippen LogP contribution in [0.4, 0.5) is 4.39 Å². The van der Waals surface area contributed by atoms with Crippen LogP contribution >= 0.6 is 11.6 Å². The molecule has 0 aliphatic heterocycles. The Balaban J connectivity index is 2.42. The molecule has 0 N–H and O–H groups in total. The molecule has 0 aliphatic rings. The third-order valence-electron chi connectivity index (χ3n) is 4.15. The third kappa shape index (κ3) is 3.79. The van der Waals surface area contributed by atoms with Gasteiger partial charge in [-0.2, -0.15) is 0 Å². The molecule has 0 saturated heterocycles. The van der Waals surface area contributed by atoms with Gasteiger partial charge in [0.25, 0.3) is 0 Å². The van der Waals surface area contributed by atoms with Crippen LogP contribution in [0, 0.1) is 15.9 Å². The molecule has 2 rings (SSSR count). The Bertz CT molecular complexity index is 762. The lowest BCUT2D eigenvalue weighted by Gasteiger charge is -2.27. The first-order chi connectivity index (χ1) is 11.2. The van der Waals surface area contributed by atoms with Gasteiger partial charge in [-0.3, -0.25) is 14.9 Å². The summed E-state index contributed by atoms with van der Waals surface area (Å²) in [7, 11) is 0. The average Bonchev–Trinajstić information content (AvgIpc) is 2.55. The number of carbonyl (C=O) groups excluding carboxylic acids is 1. The van der Waals surface area contributed by atoms with Crippen LogP contribution < -0.4 is 0 Å². The van der Waals surface area contributed by atoms with Gasteiger partial charge in [-0.15, -0.1) is 0 Å². The molecule has 0 heterocycles. The number of carbonyl (C=O) groups is 1. The first-order valence-electron chi connectivity index (χ1n) is 7.41. The fraction of sp³-hybridized carbons (Fsp3) is 0.278. The lowest BCUT2D eigenvalue weighted by Crippen LogP contribution is -2.39. The molecular weight excluding hydrogens is 333 g/mol. The van der Waals surface area contributed by atoms with Gasteiger partial charge in [-0.25, -0.2) is 4.39 Å². The van der Waals surface area contributed by atoms with Crippen LogP contribution in [0.15, 0.2) is 48.5 Å². The number of hydrogen-bond acceptors (Lipinski definition) is 3. The Kier molecular flexibility index (Phi) is 5.34. The predicted molar refractivity (Wildman–Crippen MR) is 90.6 cm³/mol. The van der Waals surface area contributed by atoms with Gasteiger partial charge in [0.15, 0.2) is 5.78 Å². The van der Waals surface area contributed by atoms with E-state index < -0.39 is 22.2 Å². The lowest BCUT2D eigenvalue weighted by atomic mass is 9.78.